The van der Waals surface area contributed by atoms with Crippen molar-refractivity contribution in [3.63, 3.8) is 0 Å². The molecule has 0 bridgehead atoms. The zero-order valence-electron chi connectivity index (χ0n) is 11.2. The molecule has 0 atom stereocenters. The van der Waals surface area contributed by atoms with Crippen molar-refractivity contribution in [1.29, 1.82) is 0 Å². The van der Waals surface area contributed by atoms with Crippen LogP contribution in [0.15, 0.2) is 59.2 Å². The van der Waals surface area contributed by atoms with E-state index < -0.39 is 0 Å². The third kappa shape index (κ3) is 3.25. The third-order valence-electron chi connectivity index (χ3n) is 3.16. The minimum atomic E-state index is -0.266. The van der Waals surface area contributed by atoms with Crippen LogP contribution in [-0.2, 0) is 6.42 Å². The Bertz CT molecular complexity index is 727. The monoisotopic (exact) mass is 343 g/mol. The van der Waals surface area contributed by atoms with Crippen LogP contribution in [0.25, 0.3) is 0 Å². The maximum atomic E-state index is 12.0. The SMILES string of the molecule is C=C1Cc2cc(NC(=O)Nc3cccc(Br)c3)ccc2N1. The standard InChI is InChI=1S/C16H14BrN3O/c1-10-7-11-8-14(5-6-15(11)18-10)20-16(21)19-13-4-2-3-12(17)9-13/h2-6,8-9,18H,1,7H2,(H2,19,20,21). The molecule has 106 valence electrons. The normalized spacial score (nSPS) is 12.5. The summed E-state index contributed by atoms with van der Waals surface area (Å²) >= 11 is 3.37. The minimum absolute atomic E-state index is 0.266. The van der Waals surface area contributed by atoms with Crippen molar-refractivity contribution in [2.24, 2.45) is 0 Å². The van der Waals surface area contributed by atoms with Gasteiger partial charge >= 0.3 is 6.03 Å². The summed E-state index contributed by atoms with van der Waals surface area (Å²) in [6.07, 6.45) is 0.790. The highest BCUT2D eigenvalue weighted by Crippen LogP contribution is 2.29. The van der Waals surface area contributed by atoms with Crippen LogP contribution in [0.2, 0.25) is 0 Å². The smallest absolute Gasteiger partial charge is 0.323 e. The van der Waals surface area contributed by atoms with E-state index >= 15 is 0 Å². The lowest BCUT2D eigenvalue weighted by molar-refractivity contribution is 0.262. The number of carbonyl (C=O) groups is 1. The summed E-state index contributed by atoms with van der Waals surface area (Å²) in [5.41, 5.74) is 4.66. The largest absolute Gasteiger partial charge is 0.359 e. The number of fused-ring (bicyclic) bond motifs is 1. The molecule has 0 fully saturated rings. The van der Waals surface area contributed by atoms with E-state index in [0.29, 0.717) is 0 Å². The maximum absolute atomic E-state index is 12.0. The van der Waals surface area contributed by atoms with Gasteiger partial charge in [0.1, 0.15) is 0 Å². The van der Waals surface area contributed by atoms with E-state index in [4.69, 9.17) is 0 Å². The fourth-order valence-corrected chi connectivity index (χ4v) is 2.66. The van der Waals surface area contributed by atoms with Crippen LogP contribution >= 0.6 is 15.9 Å². The number of benzene rings is 2. The molecule has 4 nitrogen and oxygen atoms in total. The molecule has 2 aromatic rings. The lowest BCUT2D eigenvalue weighted by Gasteiger charge is -2.09. The number of allylic oxidation sites excluding steroid dienone is 1. The summed E-state index contributed by atoms with van der Waals surface area (Å²) in [5.74, 6) is 0. The van der Waals surface area contributed by atoms with E-state index in [-0.39, 0.29) is 6.03 Å². The van der Waals surface area contributed by atoms with Gasteiger partial charge in [0.05, 0.1) is 0 Å². The molecule has 21 heavy (non-hydrogen) atoms. The molecule has 0 aromatic heterocycles. The number of urea groups is 1. The quantitative estimate of drug-likeness (QED) is 0.747. The second kappa shape index (κ2) is 5.61. The molecule has 0 radical (unpaired) electrons. The van der Waals surface area contributed by atoms with Crippen molar-refractivity contribution in [2.45, 2.75) is 6.42 Å². The lowest BCUT2D eigenvalue weighted by Crippen LogP contribution is -2.19. The van der Waals surface area contributed by atoms with Crippen LogP contribution in [0.1, 0.15) is 5.56 Å². The second-order valence-corrected chi connectivity index (χ2v) is 5.78. The highest BCUT2D eigenvalue weighted by atomic mass is 79.9. The van der Waals surface area contributed by atoms with Crippen molar-refractivity contribution in [2.75, 3.05) is 16.0 Å². The molecule has 0 aliphatic carbocycles. The number of hydrogen-bond donors (Lipinski definition) is 3. The molecule has 1 aliphatic rings. The average molecular weight is 344 g/mol. The number of hydrogen-bond acceptors (Lipinski definition) is 2. The van der Waals surface area contributed by atoms with E-state index in [1.165, 1.54) is 0 Å². The van der Waals surface area contributed by atoms with E-state index in [1.807, 2.05) is 42.5 Å². The number of carbonyl (C=O) groups excluding carboxylic acids is 1. The van der Waals surface area contributed by atoms with Crippen molar-refractivity contribution < 1.29 is 4.79 Å². The summed E-state index contributed by atoms with van der Waals surface area (Å²) < 4.78 is 0.919. The van der Waals surface area contributed by atoms with Crippen LogP contribution < -0.4 is 16.0 Å². The first-order chi connectivity index (χ1) is 10.1. The molecule has 5 heteroatoms. The Morgan fingerprint density at radius 3 is 2.67 bits per heavy atom. The number of anilines is 3. The van der Waals surface area contributed by atoms with Gasteiger partial charge in [0.2, 0.25) is 0 Å². The van der Waals surface area contributed by atoms with Gasteiger partial charge in [-0.2, -0.15) is 0 Å². The fourth-order valence-electron chi connectivity index (χ4n) is 2.26. The van der Waals surface area contributed by atoms with Crippen LogP contribution in [0, 0.1) is 0 Å². The van der Waals surface area contributed by atoms with Crippen molar-refractivity contribution in [1.82, 2.24) is 0 Å². The first-order valence-electron chi connectivity index (χ1n) is 6.51. The predicted octanol–water partition coefficient (Wildman–Crippen LogP) is 4.57. The van der Waals surface area contributed by atoms with Crippen LogP contribution in [0.5, 0.6) is 0 Å². The zero-order chi connectivity index (χ0) is 14.8. The highest BCUT2D eigenvalue weighted by Gasteiger charge is 2.14. The highest BCUT2D eigenvalue weighted by molar-refractivity contribution is 9.10. The van der Waals surface area contributed by atoms with Crippen LogP contribution in [0.4, 0.5) is 21.9 Å². The topological polar surface area (TPSA) is 53.2 Å². The lowest BCUT2D eigenvalue weighted by atomic mass is 10.1. The van der Waals surface area contributed by atoms with Crippen LogP contribution in [-0.4, -0.2) is 6.03 Å². The predicted molar refractivity (Wildman–Crippen MR) is 89.7 cm³/mol. The molecular weight excluding hydrogens is 330 g/mol. The van der Waals surface area contributed by atoms with Crippen molar-refractivity contribution in [3.8, 4) is 0 Å². The third-order valence-corrected chi connectivity index (χ3v) is 3.65. The van der Waals surface area contributed by atoms with E-state index in [9.17, 15) is 4.79 Å². The Labute approximate surface area is 131 Å². The maximum Gasteiger partial charge on any atom is 0.323 e. The fraction of sp³-hybridized carbons (Fsp3) is 0.0625. The Morgan fingerprint density at radius 1 is 1.14 bits per heavy atom. The van der Waals surface area contributed by atoms with Gasteiger partial charge in [-0.15, -0.1) is 0 Å². The van der Waals surface area contributed by atoms with Gasteiger partial charge in [-0.25, -0.2) is 4.79 Å². The summed E-state index contributed by atoms with van der Waals surface area (Å²) in [6.45, 7) is 3.91. The minimum Gasteiger partial charge on any atom is -0.359 e. The number of nitrogens with one attached hydrogen (secondary N) is 3. The summed E-state index contributed by atoms with van der Waals surface area (Å²) in [5, 5.41) is 8.82. The van der Waals surface area contributed by atoms with Gasteiger partial charge < -0.3 is 16.0 Å². The molecule has 0 spiro atoms. The van der Waals surface area contributed by atoms with Crippen molar-refractivity contribution >= 4 is 39.0 Å². The van der Waals surface area contributed by atoms with E-state index in [0.717, 1.165) is 39.2 Å². The van der Waals surface area contributed by atoms with Gasteiger partial charge in [-0.3, -0.25) is 0 Å². The Hall–Kier alpha value is -2.27. The van der Waals surface area contributed by atoms with Gasteiger partial charge in [-0.1, -0.05) is 28.6 Å². The molecule has 3 rings (SSSR count). The van der Waals surface area contributed by atoms with Gasteiger partial charge in [0, 0.05) is 33.7 Å². The molecule has 2 amide bonds. The van der Waals surface area contributed by atoms with Crippen molar-refractivity contribution in [3.05, 3.63) is 64.8 Å². The second-order valence-electron chi connectivity index (χ2n) is 4.87. The average Bonchev–Trinajstić information content (AvgIpc) is 2.78. The Morgan fingerprint density at radius 2 is 1.90 bits per heavy atom. The first kappa shape index (κ1) is 13.7. The molecule has 1 aliphatic heterocycles. The molecule has 0 unspecified atom stereocenters. The summed E-state index contributed by atoms with van der Waals surface area (Å²) in [4.78, 5) is 12.0. The van der Waals surface area contributed by atoms with E-state index in [2.05, 4.69) is 38.5 Å². The Kier molecular flexibility index (Phi) is 3.66. The van der Waals surface area contributed by atoms with E-state index in [1.54, 1.807) is 0 Å². The molecule has 0 saturated heterocycles. The number of rotatable bonds is 2. The van der Waals surface area contributed by atoms with Crippen LogP contribution in [0.3, 0.4) is 0 Å². The number of amides is 2. The molecule has 1 heterocycles. The zero-order valence-corrected chi connectivity index (χ0v) is 12.8. The summed E-state index contributed by atoms with van der Waals surface area (Å²) in [7, 11) is 0. The molecule has 0 saturated carbocycles. The Balaban J connectivity index is 1.68. The summed E-state index contributed by atoms with van der Waals surface area (Å²) in [6, 6.07) is 13.0. The van der Waals surface area contributed by atoms with Gasteiger partial charge in [-0.05, 0) is 42.0 Å². The number of halogens is 1. The first-order valence-corrected chi connectivity index (χ1v) is 7.31. The molecule has 2 aromatic carbocycles. The van der Waals surface area contributed by atoms with Gasteiger partial charge in [0.25, 0.3) is 0 Å². The molecular formula is C16H14BrN3O. The molecule has 3 N–H and O–H groups in total. The van der Waals surface area contributed by atoms with Gasteiger partial charge in [0.15, 0.2) is 0 Å².